The van der Waals surface area contributed by atoms with Gasteiger partial charge in [-0.25, -0.2) is 4.39 Å². The summed E-state index contributed by atoms with van der Waals surface area (Å²) < 4.78 is 19.2. The molecule has 0 heterocycles. The molecule has 0 amide bonds. The number of halogens is 1. The van der Waals surface area contributed by atoms with E-state index in [2.05, 4.69) is 0 Å². The Bertz CT molecular complexity index is 479. The first-order valence-corrected chi connectivity index (χ1v) is 6.57. The van der Waals surface area contributed by atoms with E-state index in [-0.39, 0.29) is 17.1 Å². The fourth-order valence-electron chi connectivity index (χ4n) is 2.93. The van der Waals surface area contributed by atoms with Crippen molar-refractivity contribution in [2.45, 2.75) is 31.2 Å². The van der Waals surface area contributed by atoms with Crippen molar-refractivity contribution >= 4 is 5.78 Å². The summed E-state index contributed by atoms with van der Waals surface area (Å²) >= 11 is 0. The van der Waals surface area contributed by atoms with Gasteiger partial charge in [-0.05, 0) is 39.1 Å². The van der Waals surface area contributed by atoms with Gasteiger partial charge in [0.25, 0.3) is 0 Å². The van der Waals surface area contributed by atoms with Crippen molar-refractivity contribution in [3.8, 4) is 5.75 Å². The maximum absolute atomic E-state index is 14.2. The van der Waals surface area contributed by atoms with E-state index in [1.807, 2.05) is 19.0 Å². The van der Waals surface area contributed by atoms with E-state index in [1.165, 1.54) is 13.2 Å². The first kappa shape index (κ1) is 14.0. The van der Waals surface area contributed by atoms with Gasteiger partial charge in [-0.1, -0.05) is 18.9 Å². The van der Waals surface area contributed by atoms with E-state index in [1.54, 1.807) is 12.1 Å². The molecule has 1 aromatic rings. The predicted octanol–water partition coefficient (Wildman–Crippen LogP) is 2.89. The second kappa shape index (κ2) is 5.29. The van der Waals surface area contributed by atoms with Gasteiger partial charge in [-0.2, -0.15) is 0 Å². The van der Waals surface area contributed by atoms with Crippen molar-refractivity contribution in [3.63, 3.8) is 0 Å². The minimum absolute atomic E-state index is 0.123. The SMILES string of the molecule is COc1cccc(C(=O)C2(N(C)C)CCCC2)c1F. The largest absolute Gasteiger partial charge is 0.494 e. The van der Waals surface area contributed by atoms with Crippen LogP contribution in [-0.2, 0) is 0 Å². The van der Waals surface area contributed by atoms with Gasteiger partial charge in [0.2, 0.25) is 0 Å². The highest BCUT2D eigenvalue weighted by Gasteiger charge is 2.44. The van der Waals surface area contributed by atoms with Gasteiger partial charge in [0.15, 0.2) is 17.3 Å². The van der Waals surface area contributed by atoms with E-state index in [9.17, 15) is 9.18 Å². The molecular formula is C15H20FNO2. The highest BCUT2D eigenvalue weighted by atomic mass is 19.1. The third-order valence-electron chi connectivity index (χ3n) is 4.14. The standard InChI is InChI=1S/C15H20FNO2/c1-17(2)15(9-4-5-10-15)14(18)11-7-6-8-12(19-3)13(11)16/h6-8H,4-5,9-10H2,1-3H3. The first-order valence-electron chi connectivity index (χ1n) is 6.57. The lowest BCUT2D eigenvalue weighted by Crippen LogP contribution is -2.49. The second-order valence-electron chi connectivity index (χ2n) is 5.28. The van der Waals surface area contributed by atoms with Gasteiger partial charge >= 0.3 is 0 Å². The van der Waals surface area contributed by atoms with Crippen LogP contribution in [0.25, 0.3) is 0 Å². The molecule has 2 rings (SSSR count). The monoisotopic (exact) mass is 265 g/mol. The summed E-state index contributed by atoms with van der Waals surface area (Å²) in [5.41, 5.74) is -0.428. The van der Waals surface area contributed by atoms with Gasteiger partial charge in [-0.3, -0.25) is 9.69 Å². The van der Waals surface area contributed by atoms with Crippen LogP contribution in [0.2, 0.25) is 0 Å². The Balaban J connectivity index is 2.43. The predicted molar refractivity (Wildman–Crippen MR) is 72.2 cm³/mol. The fourth-order valence-corrected chi connectivity index (χ4v) is 2.93. The lowest BCUT2D eigenvalue weighted by Gasteiger charge is -2.34. The molecule has 1 aliphatic rings. The maximum Gasteiger partial charge on any atom is 0.186 e. The molecule has 1 saturated carbocycles. The van der Waals surface area contributed by atoms with E-state index < -0.39 is 11.4 Å². The molecular weight excluding hydrogens is 245 g/mol. The number of ether oxygens (including phenoxy) is 1. The Morgan fingerprint density at radius 3 is 2.47 bits per heavy atom. The van der Waals surface area contributed by atoms with Crippen LogP contribution in [-0.4, -0.2) is 37.4 Å². The van der Waals surface area contributed by atoms with Crippen LogP contribution in [0.4, 0.5) is 4.39 Å². The number of benzene rings is 1. The van der Waals surface area contributed by atoms with Crippen LogP contribution in [0, 0.1) is 5.82 Å². The highest BCUT2D eigenvalue weighted by molar-refractivity contribution is 6.04. The molecule has 3 nitrogen and oxygen atoms in total. The molecule has 0 bridgehead atoms. The van der Waals surface area contributed by atoms with Crippen molar-refractivity contribution in [2.24, 2.45) is 0 Å². The normalized spacial score (nSPS) is 17.7. The first-order chi connectivity index (χ1) is 9.03. The van der Waals surface area contributed by atoms with Crippen LogP contribution < -0.4 is 4.74 Å². The van der Waals surface area contributed by atoms with Crippen LogP contribution in [0.5, 0.6) is 5.75 Å². The smallest absolute Gasteiger partial charge is 0.186 e. The van der Waals surface area contributed by atoms with Gasteiger partial charge < -0.3 is 4.74 Å². The Morgan fingerprint density at radius 1 is 1.32 bits per heavy atom. The van der Waals surface area contributed by atoms with Crippen molar-refractivity contribution in [1.29, 1.82) is 0 Å². The average molecular weight is 265 g/mol. The summed E-state index contributed by atoms with van der Waals surface area (Å²) in [7, 11) is 5.19. The molecule has 1 fully saturated rings. The maximum atomic E-state index is 14.2. The van der Waals surface area contributed by atoms with Crippen LogP contribution in [0.1, 0.15) is 36.0 Å². The van der Waals surface area contributed by atoms with Gasteiger partial charge in [0.1, 0.15) is 0 Å². The zero-order valence-corrected chi connectivity index (χ0v) is 11.7. The summed E-state index contributed by atoms with van der Waals surface area (Å²) in [6, 6.07) is 4.74. The molecule has 19 heavy (non-hydrogen) atoms. The zero-order valence-electron chi connectivity index (χ0n) is 11.7. The topological polar surface area (TPSA) is 29.5 Å². The number of rotatable bonds is 4. The number of ketones is 1. The summed E-state index contributed by atoms with van der Waals surface area (Å²) in [4.78, 5) is 14.7. The third kappa shape index (κ3) is 2.25. The Hall–Kier alpha value is -1.42. The number of nitrogens with zero attached hydrogens (tertiary/aromatic N) is 1. The molecule has 0 N–H and O–H groups in total. The van der Waals surface area contributed by atoms with Crippen LogP contribution in [0.15, 0.2) is 18.2 Å². The lowest BCUT2D eigenvalue weighted by atomic mass is 9.86. The second-order valence-corrected chi connectivity index (χ2v) is 5.28. The van der Waals surface area contributed by atoms with Crippen molar-refractivity contribution in [2.75, 3.05) is 21.2 Å². The van der Waals surface area contributed by atoms with E-state index in [4.69, 9.17) is 4.74 Å². The minimum Gasteiger partial charge on any atom is -0.494 e. The molecule has 0 unspecified atom stereocenters. The summed E-state index contributed by atoms with van der Waals surface area (Å²) in [5.74, 6) is -0.563. The highest BCUT2D eigenvalue weighted by Crippen LogP contribution is 2.37. The Kier molecular flexibility index (Phi) is 3.90. The van der Waals surface area contributed by atoms with Gasteiger partial charge in [0, 0.05) is 0 Å². The molecule has 0 radical (unpaired) electrons. The molecule has 1 aliphatic carbocycles. The summed E-state index contributed by atoms with van der Waals surface area (Å²) in [6.45, 7) is 0. The Morgan fingerprint density at radius 2 is 1.95 bits per heavy atom. The number of Topliss-reactive ketones (excluding diaryl/α,β-unsaturated/α-hetero) is 1. The number of likely N-dealkylation sites (N-methyl/N-ethyl adjacent to an activating group) is 1. The van der Waals surface area contributed by atoms with Crippen molar-refractivity contribution in [1.82, 2.24) is 4.90 Å². The quantitative estimate of drug-likeness (QED) is 0.784. The number of hydrogen-bond donors (Lipinski definition) is 0. The van der Waals surface area contributed by atoms with Gasteiger partial charge in [-0.15, -0.1) is 0 Å². The molecule has 1 aromatic carbocycles. The number of methoxy groups -OCH3 is 1. The molecule has 0 aliphatic heterocycles. The molecule has 104 valence electrons. The van der Waals surface area contributed by atoms with Crippen molar-refractivity contribution < 1.29 is 13.9 Å². The number of hydrogen-bond acceptors (Lipinski definition) is 3. The van der Waals surface area contributed by atoms with E-state index in [0.29, 0.717) is 0 Å². The van der Waals surface area contributed by atoms with Crippen molar-refractivity contribution in [3.05, 3.63) is 29.6 Å². The molecule has 0 spiro atoms. The molecule has 0 aromatic heterocycles. The number of carbonyl (C=O) groups is 1. The molecule has 4 heteroatoms. The minimum atomic E-state index is -0.562. The lowest BCUT2D eigenvalue weighted by molar-refractivity contribution is 0.0688. The van der Waals surface area contributed by atoms with Crippen LogP contribution in [0.3, 0.4) is 0 Å². The Labute approximate surface area is 113 Å². The zero-order chi connectivity index (χ0) is 14.0. The number of carbonyl (C=O) groups excluding carboxylic acids is 1. The third-order valence-corrected chi connectivity index (χ3v) is 4.14. The summed E-state index contributed by atoms with van der Waals surface area (Å²) in [6.07, 6.45) is 3.59. The fraction of sp³-hybridized carbons (Fsp3) is 0.533. The van der Waals surface area contributed by atoms with E-state index in [0.717, 1.165) is 25.7 Å². The summed E-state index contributed by atoms with van der Waals surface area (Å²) in [5, 5.41) is 0. The average Bonchev–Trinajstić information content (AvgIpc) is 2.89. The molecule has 0 saturated heterocycles. The van der Waals surface area contributed by atoms with Crippen LogP contribution >= 0.6 is 0 Å². The van der Waals surface area contributed by atoms with E-state index >= 15 is 0 Å². The van der Waals surface area contributed by atoms with Gasteiger partial charge in [0.05, 0.1) is 18.2 Å². The molecule has 0 atom stereocenters.